The second-order valence-corrected chi connectivity index (χ2v) is 5.17. The molecule has 0 bridgehead atoms. The molecule has 0 aliphatic rings. The SMILES string of the molecule is CC.[CH3-].[CH3-].[CH3-].[CH3-].[CH3-].[CH3-].[CH3-].[CH3-].[CH3-].[CH3-].[CH3-].[W].[W].[W].[W].[W].[W].[W].[W].[W].[W].[W].[W].[W].[W].[W].[W].[W].[W].[W].[W].[W].[W].[W].[W].[W].[W].[W].[W].[W].[W].[W].[W].[W].[W].[W].[W].[W].[W].[W].[Y].[Y].[Y].[Y].[Y].[Y].[c-]1ccccn1.[c-]1cccnc1.[c-]1ccncn1.[c-]1cnccn1.[c-]1ncccn1.[c-]1ncncn1. The molecule has 56 heteroatoms. The predicted molar refractivity (Wildman–Crippen MR) is 209 cm³/mol. The molecular weight excluding hydrogens is 8310 g/mol. The molecule has 11 nitrogen and oxygen atoms in total. The van der Waals surface area contributed by atoms with E-state index in [0.717, 1.165) is 0 Å². The van der Waals surface area contributed by atoms with E-state index in [0.29, 0.717) is 0 Å². The molecule has 6 aromatic heterocycles. The van der Waals surface area contributed by atoms with Gasteiger partial charge in [-0.2, -0.15) is 24.3 Å². The van der Waals surface area contributed by atoms with Gasteiger partial charge in [-0.05, 0) is 18.7 Å². The minimum absolute atomic E-state index is 0. The van der Waals surface area contributed by atoms with E-state index < -0.39 is 0 Å². The summed E-state index contributed by atoms with van der Waals surface area (Å²) in [6.45, 7) is 4.00. The van der Waals surface area contributed by atoms with Gasteiger partial charge in [0.15, 0.2) is 0 Å². The molecule has 94 heavy (non-hydrogen) atoms. The second kappa shape index (κ2) is 425. The van der Waals surface area contributed by atoms with E-state index in [4.69, 9.17) is 0 Å². The molecule has 0 saturated carbocycles. The standard InChI is InChI=1S/2C5H4N.3C4H3N2.C3H2N3.C2H6.11CH3.39W.6Y/c2*1-2-4-6-5-3-1;1-2-6-4-3-5-1;2*1-2-5-4-6-3-1;1-4-2-6-3-5-1;1-2;;;;;;;;;;;;;;;;;;;;;;;;;;;;;;;;;;;;;;;;;;;;;;;;;;;;;;;;/h1-2,4-5H;1-4H;1-3H;1-2,4H;1-3H;1-2H;1-2H3;11*1H3;;;;;;;;;;;;;;;;;;;;;;;;;;;;;;;;;;;;;;;;;;;;;/q6*-1;;11*-1;;;;;;;;;;;;;;;;;;;;;;;;;;;;;;;;;;;;;;;;;;;;;. The summed E-state index contributed by atoms with van der Waals surface area (Å²) in [7, 11) is 0. The van der Waals surface area contributed by atoms with Crippen molar-refractivity contribution >= 4 is 0 Å². The van der Waals surface area contributed by atoms with E-state index in [9.17, 15) is 0 Å². The van der Waals surface area contributed by atoms with Gasteiger partial charge in [0.1, 0.15) is 0 Å². The Kier molecular flexibility index (Phi) is 1910. The zero-order chi connectivity index (χ0) is 27.5. The van der Waals surface area contributed by atoms with Gasteiger partial charge in [0.2, 0.25) is 0 Å². The van der Waals surface area contributed by atoms with Crippen molar-refractivity contribution in [2.45, 2.75) is 13.8 Å². The molecule has 0 atom stereocenters. The molecule has 6 heterocycles. The zero-order valence-corrected chi connectivity index (χ0v) is 183. The number of pyridine rings is 2. The molecule has 0 saturated heterocycles. The number of hydrogen-bond acceptors (Lipinski definition) is 11. The van der Waals surface area contributed by atoms with Crippen LogP contribution >= 0.6 is 0 Å². The van der Waals surface area contributed by atoms with Crippen LogP contribution in [0.25, 0.3) is 0 Å². The average molecular weight is 8370 g/mol. The van der Waals surface area contributed by atoms with Crippen molar-refractivity contribution in [2.24, 2.45) is 0 Å². The molecule has 0 fully saturated rings. The van der Waals surface area contributed by atoms with Crippen LogP contribution in [0.2, 0.25) is 0 Å². The van der Waals surface area contributed by atoms with Crippen LogP contribution in [0.5, 0.6) is 0 Å². The fourth-order valence-electron chi connectivity index (χ4n) is 1.41. The van der Waals surface area contributed by atoms with Crippen LogP contribution in [0.15, 0.2) is 117 Å². The Balaban J connectivity index is -0.00000000283. The number of rotatable bonds is 0. The summed E-state index contributed by atoms with van der Waals surface area (Å²) >= 11 is 0. The predicted octanol–water partition coefficient (Wildman–Crippen LogP) is 8.13. The second-order valence-electron chi connectivity index (χ2n) is 5.17. The first-order valence-electron chi connectivity index (χ1n) is 10.9. The monoisotopic (exact) mass is 8380 g/mol. The maximum atomic E-state index is 3.73. The Labute approximate surface area is 1290 Å². The first-order valence-corrected chi connectivity index (χ1v) is 10.9. The van der Waals surface area contributed by atoms with Gasteiger partial charge in [-0.1, -0.05) is 63.4 Å². The van der Waals surface area contributed by atoms with E-state index in [1.807, 2.05) is 38.1 Å². The summed E-state index contributed by atoms with van der Waals surface area (Å²) in [6.07, 6.45) is 31.3. The van der Waals surface area contributed by atoms with Crippen LogP contribution in [0.4, 0.5) is 0 Å². The van der Waals surface area contributed by atoms with Crippen molar-refractivity contribution in [3.05, 3.63) is 236 Å². The molecule has 0 unspecified atom stereocenters. The van der Waals surface area contributed by atoms with Gasteiger partial charge >= 0.3 is 0 Å². The summed E-state index contributed by atoms with van der Waals surface area (Å²) in [5.41, 5.74) is 0. The third-order valence-corrected chi connectivity index (χ3v) is 2.70. The summed E-state index contributed by atoms with van der Waals surface area (Å²) in [4.78, 5) is 39.3. The van der Waals surface area contributed by atoms with Gasteiger partial charge in [0, 0.05) is 1040 Å². The van der Waals surface area contributed by atoms with E-state index in [2.05, 4.69) is 92.1 Å². The molecule has 0 aliphatic heterocycles. The molecule has 0 aromatic carbocycles. The number of aromatic nitrogens is 11. The van der Waals surface area contributed by atoms with Gasteiger partial charge in [-0.25, -0.2) is 12.1 Å². The van der Waals surface area contributed by atoms with Crippen molar-refractivity contribution in [1.82, 2.24) is 54.8 Å². The molecule has 0 aliphatic carbocycles. The van der Waals surface area contributed by atoms with Crippen LogP contribution in [-0.4, -0.2) is 54.8 Å². The molecule has 0 spiro atoms. The summed E-state index contributed by atoms with van der Waals surface area (Å²) in [6, 6.07) is 15.3. The first kappa shape index (κ1) is 423. The first-order chi connectivity index (χ1) is 19.0. The van der Waals surface area contributed by atoms with Crippen molar-refractivity contribution in [1.29, 1.82) is 0 Å². The van der Waals surface area contributed by atoms with Crippen LogP contribution in [0, 0.1) is 119 Å². The minimum Gasteiger partial charge on any atom is -0.456 e. The van der Waals surface area contributed by atoms with Gasteiger partial charge in [-0.15, -0.1) is 24.5 Å². The molecular formula is C38H58N11W39Y6-17. The topological polar surface area (TPSA) is 142 Å². The largest absolute Gasteiger partial charge is 0.456 e. The normalized spacial score (nSPS) is 3.13. The van der Waals surface area contributed by atoms with Gasteiger partial charge in [0.25, 0.3) is 0 Å². The van der Waals surface area contributed by atoms with E-state index in [-0.39, 0.29) is 1100 Å². The van der Waals surface area contributed by atoms with E-state index in [1.165, 1.54) is 25.2 Å². The number of nitrogens with zero attached hydrogens (tertiary/aromatic N) is 11. The van der Waals surface area contributed by atoms with Crippen molar-refractivity contribution < 1.29 is 1020 Å². The van der Waals surface area contributed by atoms with E-state index in [1.54, 1.807) is 67.8 Å². The van der Waals surface area contributed by atoms with Crippen LogP contribution in [0.3, 0.4) is 0 Å². The maximum Gasteiger partial charge on any atom is 0.0241 e. The summed E-state index contributed by atoms with van der Waals surface area (Å²) < 4.78 is 0. The van der Waals surface area contributed by atoms with Gasteiger partial charge < -0.3 is 137 Å². The third-order valence-electron chi connectivity index (χ3n) is 2.70. The van der Waals surface area contributed by atoms with Crippen molar-refractivity contribution in [2.75, 3.05) is 0 Å². The Hall–Kier alpha value is 28.0. The molecule has 0 N–H and O–H groups in total. The number of hydrogen-bond donors (Lipinski definition) is 0. The fraction of sp³-hybridized carbons (Fsp3) is 0.0526. The zero-order valence-electron chi connectivity index (χ0n) is 51.3. The van der Waals surface area contributed by atoms with Gasteiger partial charge in [0.05, 0.1) is 0 Å². The maximum absolute atomic E-state index is 3.73. The van der Waals surface area contributed by atoms with Crippen LogP contribution in [-0.2, 0) is 1020 Å². The Morgan fingerprint density at radius 2 is 0.468 bits per heavy atom. The third kappa shape index (κ3) is 415. The van der Waals surface area contributed by atoms with Crippen LogP contribution < -0.4 is 0 Å². The Morgan fingerprint density at radius 1 is 0.191 bits per heavy atom. The average Bonchev–Trinajstić information content (AvgIpc) is 3.08. The van der Waals surface area contributed by atoms with E-state index >= 15 is 0 Å². The minimum atomic E-state index is 0. The summed E-state index contributed by atoms with van der Waals surface area (Å²) in [5.74, 6) is 0. The van der Waals surface area contributed by atoms with Gasteiger partial charge in [-0.3, -0.25) is 0 Å². The Bertz CT molecular complexity index is 833. The fourth-order valence-corrected chi connectivity index (χ4v) is 1.41. The van der Waals surface area contributed by atoms with Crippen molar-refractivity contribution in [3.63, 3.8) is 0 Å². The smallest absolute Gasteiger partial charge is 0.0241 e. The molecule has 0 amide bonds. The van der Waals surface area contributed by atoms with Crippen molar-refractivity contribution in [3.8, 4) is 0 Å². The molecule has 534 valence electrons. The Morgan fingerprint density at radius 3 is 0.532 bits per heavy atom. The quantitative estimate of drug-likeness (QED) is 0.136. The summed E-state index contributed by atoms with van der Waals surface area (Å²) in [5, 5.41) is 0. The molecule has 6 radical (unpaired) electrons. The molecule has 6 aromatic rings. The van der Waals surface area contributed by atoms with Crippen LogP contribution in [0.1, 0.15) is 13.8 Å². The molecule has 6 rings (SSSR count).